The molecule has 0 unspecified atom stereocenters. The minimum Gasteiger partial charge on any atom is -0.0808 e. The zero-order valence-corrected chi connectivity index (χ0v) is 9.09. The van der Waals surface area contributed by atoms with Gasteiger partial charge < -0.3 is 0 Å². The maximum absolute atomic E-state index is 2.12. The van der Waals surface area contributed by atoms with Crippen LogP contribution >= 0.6 is 0 Å². The molecule has 0 aromatic heterocycles. The monoisotopic (exact) mass is 210 g/mol. The quantitative estimate of drug-likeness (QED) is 0.614. The molecule has 0 saturated carbocycles. The van der Waals surface area contributed by atoms with Gasteiger partial charge in [-0.1, -0.05) is 60.2 Å². The molecule has 0 bridgehead atoms. The van der Waals surface area contributed by atoms with E-state index in [1.54, 1.807) is 0 Å². The molecule has 0 N–H and O–H groups in total. The number of benzene rings is 1. The summed E-state index contributed by atoms with van der Waals surface area (Å²) in [5.74, 6) is 0. The van der Waals surface area contributed by atoms with Crippen molar-refractivity contribution in [2.75, 3.05) is 0 Å². The van der Waals surface area contributed by atoms with Crippen LogP contribution in [0.2, 0.25) is 0 Å². The summed E-state index contributed by atoms with van der Waals surface area (Å²) in [5, 5.41) is 0. The van der Waals surface area contributed by atoms with Gasteiger partial charge in [0.1, 0.15) is 0 Å². The summed E-state index contributed by atoms with van der Waals surface area (Å²) in [6.45, 7) is 2.08. The smallest absolute Gasteiger partial charge is 0 e. The first kappa shape index (κ1) is 12.2. The van der Waals surface area contributed by atoms with Crippen LogP contribution in [0.25, 0.3) is 0 Å². The van der Waals surface area contributed by atoms with Crippen LogP contribution in [0.1, 0.15) is 12.0 Å². The SMILES string of the molecule is C1=CCC=C1.Cc1ccccc1.[Cr]. The average molecular weight is 210 g/mol. The van der Waals surface area contributed by atoms with Crippen molar-refractivity contribution in [3.8, 4) is 0 Å². The zero-order chi connectivity index (χ0) is 8.65. The van der Waals surface area contributed by atoms with E-state index in [4.69, 9.17) is 0 Å². The van der Waals surface area contributed by atoms with Crippen LogP contribution in [-0.2, 0) is 17.4 Å². The van der Waals surface area contributed by atoms with E-state index in [1.807, 2.05) is 18.2 Å². The molecule has 13 heavy (non-hydrogen) atoms. The Balaban J connectivity index is 0.000000215. The van der Waals surface area contributed by atoms with Crippen molar-refractivity contribution in [1.82, 2.24) is 0 Å². The maximum Gasteiger partial charge on any atom is 0 e. The summed E-state index contributed by atoms with van der Waals surface area (Å²) in [7, 11) is 0. The Morgan fingerprint density at radius 3 is 1.69 bits per heavy atom. The molecule has 68 valence electrons. The van der Waals surface area contributed by atoms with E-state index in [9.17, 15) is 0 Å². The van der Waals surface area contributed by atoms with Crippen LogP contribution in [0.15, 0.2) is 54.6 Å². The number of aryl methyl sites for hydroxylation is 1. The van der Waals surface area contributed by atoms with E-state index in [1.165, 1.54) is 5.56 Å². The molecule has 0 heterocycles. The van der Waals surface area contributed by atoms with Crippen molar-refractivity contribution in [3.63, 3.8) is 0 Å². The van der Waals surface area contributed by atoms with E-state index >= 15 is 0 Å². The van der Waals surface area contributed by atoms with Gasteiger partial charge in [-0.05, 0) is 13.3 Å². The first-order valence-electron chi connectivity index (χ1n) is 4.23. The number of hydrogen-bond donors (Lipinski definition) is 0. The second-order valence-electron chi connectivity index (χ2n) is 2.75. The van der Waals surface area contributed by atoms with Crippen molar-refractivity contribution in [1.29, 1.82) is 0 Å². The van der Waals surface area contributed by atoms with E-state index in [-0.39, 0.29) is 17.4 Å². The van der Waals surface area contributed by atoms with Crippen LogP contribution in [-0.4, -0.2) is 0 Å². The van der Waals surface area contributed by atoms with Gasteiger partial charge in [-0.25, -0.2) is 0 Å². The second kappa shape index (κ2) is 7.86. The summed E-state index contributed by atoms with van der Waals surface area (Å²) in [5.41, 5.74) is 1.32. The second-order valence-corrected chi connectivity index (χ2v) is 2.75. The molecule has 1 aliphatic rings. The molecular weight excluding hydrogens is 196 g/mol. The molecule has 0 aliphatic heterocycles. The first-order chi connectivity index (χ1) is 5.89. The Morgan fingerprint density at radius 2 is 1.46 bits per heavy atom. The predicted octanol–water partition coefficient (Wildman–Crippen LogP) is 3.50. The zero-order valence-electron chi connectivity index (χ0n) is 7.81. The third kappa shape index (κ3) is 6.40. The van der Waals surface area contributed by atoms with Crippen LogP contribution in [0.4, 0.5) is 0 Å². The van der Waals surface area contributed by atoms with Crippen LogP contribution < -0.4 is 0 Å². The molecule has 0 spiro atoms. The fourth-order valence-corrected chi connectivity index (χ4v) is 0.927. The predicted molar refractivity (Wildman–Crippen MR) is 54.1 cm³/mol. The topological polar surface area (TPSA) is 0 Å². The molecule has 1 heteroatoms. The van der Waals surface area contributed by atoms with Crippen molar-refractivity contribution in [2.24, 2.45) is 0 Å². The molecule has 1 aromatic carbocycles. The summed E-state index contributed by atoms with van der Waals surface area (Å²) in [6.07, 6.45) is 9.50. The normalized spacial score (nSPS) is 11.5. The molecule has 0 nitrogen and oxygen atoms in total. The molecule has 1 aromatic rings. The van der Waals surface area contributed by atoms with Crippen molar-refractivity contribution < 1.29 is 17.4 Å². The van der Waals surface area contributed by atoms with Crippen LogP contribution in [0.5, 0.6) is 0 Å². The molecule has 0 amide bonds. The van der Waals surface area contributed by atoms with Gasteiger partial charge in [-0.3, -0.25) is 0 Å². The molecular formula is C12H14Cr. The molecule has 0 radical (unpaired) electrons. The third-order valence-electron chi connectivity index (χ3n) is 1.60. The van der Waals surface area contributed by atoms with Gasteiger partial charge in [0.2, 0.25) is 0 Å². The standard InChI is InChI=1S/C7H8.C5H6.Cr/c1-7-5-3-2-4-6-7;1-2-4-5-3-1;/h2-6H,1H3;1-4H,5H2;. The number of rotatable bonds is 0. The van der Waals surface area contributed by atoms with E-state index in [0.29, 0.717) is 0 Å². The molecule has 1 aliphatic carbocycles. The van der Waals surface area contributed by atoms with Gasteiger partial charge in [0.05, 0.1) is 0 Å². The summed E-state index contributed by atoms with van der Waals surface area (Å²) >= 11 is 0. The Hall–Kier alpha value is -0.768. The van der Waals surface area contributed by atoms with Gasteiger partial charge >= 0.3 is 0 Å². The van der Waals surface area contributed by atoms with Crippen molar-refractivity contribution in [3.05, 3.63) is 60.2 Å². The van der Waals surface area contributed by atoms with Gasteiger partial charge in [0.25, 0.3) is 0 Å². The minimum absolute atomic E-state index is 0. The van der Waals surface area contributed by atoms with Gasteiger partial charge in [-0.2, -0.15) is 0 Å². The first-order valence-corrected chi connectivity index (χ1v) is 4.23. The van der Waals surface area contributed by atoms with Crippen LogP contribution in [0, 0.1) is 6.92 Å². The van der Waals surface area contributed by atoms with Crippen molar-refractivity contribution >= 4 is 0 Å². The molecule has 0 fully saturated rings. The summed E-state index contributed by atoms with van der Waals surface area (Å²) in [6, 6.07) is 10.3. The Labute approximate surface area is 91.1 Å². The van der Waals surface area contributed by atoms with Crippen LogP contribution in [0.3, 0.4) is 0 Å². The maximum atomic E-state index is 2.12. The number of allylic oxidation sites excluding steroid dienone is 4. The Bertz CT molecular complexity index is 250. The Morgan fingerprint density at radius 1 is 0.923 bits per heavy atom. The van der Waals surface area contributed by atoms with E-state index in [2.05, 4.69) is 43.4 Å². The number of hydrogen-bond acceptors (Lipinski definition) is 0. The van der Waals surface area contributed by atoms with Crippen molar-refractivity contribution in [2.45, 2.75) is 13.3 Å². The van der Waals surface area contributed by atoms with E-state index < -0.39 is 0 Å². The average Bonchev–Trinajstić information content (AvgIpc) is 2.62. The van der Waals surface area contributed by atoms with Gasteiger partial charge in [0.15, 0.2) is 0 Å². The summed E-state index contributed by atoms with van der Waals surface area (Å²) in [4.78, 5) is 0. The molecule has 2 rings (SSSR count). The minimum atomic E-state index is 0. The van der Waals surface area contributed by atoms with E-state index in [0.717, 1.165) is 6.42 Å². The fourth-order valence-electron chi connectivity index (χ4n) is 0.927. The third-order valence-corrected chi connectivity index (χ3v) is 1.60. The largest absolute Gasteiger partial charge is 0.0808 e. The van der Waals surface area contributed by atoms with Gasteiger partial charge in [0, 0.05) is 17.4 Å². The summed E-state index contributed by atoms with van der Waals surface area (Å²) < 4.78 is 0. The van der Waals surface area contributed by atoms with Gasteiger partial charge in [-0.15, -0.1) is 0 Å². The molecule has 0 saturated heterocycles. The molecule has 0 atom stereocenters. The fraction of sp³-hybridized carbons (Fsp3) is 0.167. The Kier molecular flexibility index (Phi) is 7.40.